The molecule has 0 spiro atoms. The zero-order valence-electron chi connectivity index (χ0n) is 16.4. The molecular formula is C20H24O8. The lowest BCUT2D eigenvalue weighted by molar-refractivity contribution is -0.171. The van der Waals surface area contributed by atoms with E-state index in [0.29, 0.717) is 0 Å². The van der Waals surface area contributed by atoms with Gasteiger partial charge in [0.1, 0.15) is 0 Å². The van der Waals surface area contributed by atoms with Crippen LogP contribution in [0.1, 0.15) is 25.7 Å². The second-order valence-electron chi connectivity index (χ2n) is 7.59. The van der Waals surface area contributed by atoms with Crippen molar-refractivity contribution < 1.29 is 38.1 Å². The molecule has 0 aliphatic heterocycles. The smallest absolute Gasteiger partial charge is 0.323 e. The van der Waals surface area contributed by atoms with Gasteiger partial charge in [0.2, 0.25) is 0 Å². The summed E-state index contributed by atoms with van der Waals surface area (Å²) in [5, 5.41) is 0. The third-order valence-electron chi connectivity index (χ3n) is 6.40. The van der Waals surface area contributed by atoms with Gasteiger partial charge in [0.25, 0.3) is 0 Å². The average Bonchev–Trinajstić information content (AvgIpc) is 3.31. The molecule has 3 aliphatic carbocycles. The maximum atomic E-state index is 12.5. The highest BCUT2D eigenvalue weighted by Gasteiger charge is 2.62. The Hall–Kier alpha value is -2.64. The van der Waals surface area contributed by atoms with E-state index in [-0.39, 0.29) is 37.5 Å². The first-order valence-electron chi connectivity index (χ1n) is 9.03. The fraction of sp³-hybridized carbons (Fsp3) is 0.600. The molecule has 0 heterocycles. The summed E-state index contributed by atoms with van der Waals surface area (Å²) in [7, 11) is 4.95. The summed E-state index contributed by atoms with van der Waals surface area (Å²) in [6.45, 7) is 0. The highest BCUT2D eigenvalue weighted by atomic mass is 16.6. The van der Waals surface area contributed by atoms with E-state index < -0.39 is 34.7 Å². The van der Waals surface area contributed by atoms with Crippen LogP contribution in [-0.4, -0.2) is 52.3 Å². The molecule has 0 aromatic heterocycles. The van der Waals surface area contributed by atoms with E-state index in [2.05, 4.69) is 0 Å². The molecule has 3 aliphatic rings. The van der Waals surface area contributed by atoms with Crippen molar-refractivity contribution in [3.8, 4) is 0 Å². The number of hydrogen-bond acceptors (Lipinski definition) is 8. The van der Waals surface area contributed by atoms with E-state index in [1.54, 1.807) is 0 Å². The van der Waals surface area contributed by atoms with Crippen LogP contribution >= 0.6 is 0 Å². The van der Waals surface area contributed by atoms with Gasteiger partial charge in [-0.05, 0) is 37.5 Å². The number of carbonyl (C=O) groups excluding carboxylic acids is 4. The standard InChI is InChI=1S/C20H24O8/c1-25-15(21)19(16(22)26-2)7-11-5-6-12-8-20(17(23)27-3,18(24)28-4)10-14(12)13(11)9-19/h5-6,13-14H,7-10H2,1-4H3/t13-,14-/m1/s1. The van der Waals surface area contributed by atoms with E-state index in [4.69, 9.17) is 18.9 Å². The molecule has 0 aromatic carbocycles. The number of ether oxygens (including phenoxy) is 4. The second kappa shape index (κ2) is 7.07. The van der Waals surface area contributed by atoms with Gasteiger partial charge in [-0.25, -0.2) is 0 Å². The second-order valence-corrected chi connectivity index (χ2v) is 7.59. The van der Waals surface area contributed by atoms with Crippen LogP contribution in [-0.2, 0) is 38.1 Å². The van der Waals surface area contributed by atoms with Gasteiger partial charge in [-0.15, -0.1) is 0 Å². The lowest BCUT2D eigenvalue weighted by Crippen LogP contribution is -2.40. The SMILES string of the molecule is COC(=O)C1(C(=O)OC)CC2=CC=C3CC(C(=O)OC)(C(=O)OC)C[C@H]3[C@@H]2C1. The predicted octanol–water partition coefficient (Wildman–Crippen LogP) is 1.34. The molecule has 0 radical (unpaired) electrons. The zero-order chi connectivity index (χ0) is 20.7. The molecule has 3 rings (SSSR count). The van der Waals surface area contributed by atoms with Gasteiger partial charge in [0.15, 0.2) is 10.8 Å². The molecule has 152 valence electrons. The van der Waals surface area contributed by atoms with Gasteiger partial charge >= 0.3 is 23.9 Å². The number of esters is 4. The first kappa shape index (κ1) is 20.1. The molecule has 2 saturated carbocycles. The molecule has 28 heavy (non-hydrogen) atoms. The van der Waals surface area contributed by atoms with Crippen molar-refractivity contribution in [2.45, 2.75) is 25.7 Å². The minimum atomic E-state index is -1.41. The van der Waals surface area contributed by atoms with Crippen LogP contribution in [0.25, 0.3) is 0 Å². The minimum absolute atomic E-state index is 0.172. The number of fused-ring (bicyclic) bond motifs is 3. The Morgan fingerprint density at radius 3 is 1.21 bits per heavy atom. The van der Waals surface area contributed by atoms with Crippen LogP contribution in [0.3, 0.4) is 0 Å². The van der Waals surface area contributed by atoms with Crippen molar-refractivity contribution in [1.82, 2.24) is 0 Å². The summed E-state index contributed by atoms with van der Waals surface area (Å²) < 4.78 is 19.6. The largest absolute Gasteiger partial charge is 0.468 e. The summed E-state index contributed by atoms with van der Waals surface area (Å²) in [6.07, 6.45) is 4.54. The van der Waals surface area contributed by atoms with Gasteiger partial charge in [-0.1, -0.05) is 23.3 Å². The summed E-state index contributed by atoms with van der Waals surface area (Å²) in [5.41, 5.74) is -0.999. The molecule has 0 unspecified atom stereocenters. The Balaban J connectivity index is 1.97. The van der Waals surface area contributed by atoms with Gasteiger partial charge in [0, 0.05) is 0 Å². The van der Waals surface area contributed by atoms with Crippen LogP contribution in [0, 0.1) is 22.7 Å². The van der Waals surface area contributed by atoms with Crippen LogP contribution in [0.5, 0.6) is 0 Å². The Morgan fingerprint density at radius 2 is 0.964 bits per heavy atom. The Kier molecular flexibility index (Phi) is 5.08. The van der Waals surface area contributed by atoms with Crippen molar-refractivity contribution in [2.75, 3.05) is 28.4 Å². The molecule has 0 N–H and O–H groups in total. The number of rotatable bonds is 4. The molecule has 2 fully saturated rings. The summed E-state index contributed by atoms with van der Waals surface area (Å²) in [5.74, 6) is -2.89. The van der Waals surface area contributed by atoms with E-state index in [9.17, 15) is 19.2 Å². The Morgan fingerprint density at radius 1 is 0.679 bits per heavy atom. The first-order valence-corrected chi connectivity index (χ1v) is 9.03. The number of carbonyl (C=O) groups is 4. The summed E-state index contributed by atoms with van der Waals surface area (Å²) >= 11 is 0. The summed E-state index contributed by atoms with van der Waals surface area (Å²) in [6, 6.07) is 0. The lowest BCUT2D eigenvalue weighted by Gasteiger charge is -2.27. The van der Waals surface area contributed by atoms with Crippen molar-refractivity contribution in [2.24, 2.45) is 22.7 Å². The van der Waals surface area contributed by atoms with Gasteiger partial charge in [0.05, 0.1) is 28.4 Å². The Labute approximate surface area is 162 Å². The molecule has 0 saturated heterocycles. The zero-order valence-corrected chi connectivity index (χ0v) is 16.4. The van der Waals surface area contributed by atoms with Crippen molar-refractivity contribution in [3.05, 3.63) is 23.3 Å². The van der Waals surface area contributed by atoms with Crippen LogP contribution < -0.4 is 0 Å². The highest BCUT2D eigenvalue weighted by molar-refractivity contribution is 6.02. The first-order chi connectivity index (χ1) is 13.3. The Bertz CT molecular complexity index is 692. The molecule has 2 atom stereocenters. The highest BCUT2D eigenvalue weighted by Crippen LogP contribution is 2.59. The monoisotopic (exact) mass is 392 g/mol. The fourth-order valence-corrected chi connectivity index (χ4v) is 5.07. The third-order valence-corrected chi connectivity index (χ3v) is 6.40. The quantitative estimate of drug-likeness (QED) is 0.401. The van der Waals surface area contributed by atoms with Crippen LogP contribution in [0.2, 0.25) is 0 Å². The lowest BCUT2D eigenvalue weighted by atomic mass is 9.77. The number of allylic oxidation sites excluding steroid dienone is 4. The van der Waals surface area contributed by atoms with Gasteiger partial charge in [-0.3, -0.25) is 19.2 Å². The molecule has 0 amide bonds. The average molecular weight is 392 g/mol. The molecule has 0 aromatic rings. The van der Waals surface area contributed by atoms with Crippen LogP contribution in [0.4, 0.5) is 0 Å². The van der Waals surface area contributed by atoms with Crippen molar-refractivity contribution in [1.29, 1.82) is 0 Å². The fourth-order valence-electron chi connectivity index (χ4n) is 5.07. The van der Waals surface area contributed by atoms with E-state index in [1.807, 2.05) is 12.2 Å². The van der Waals surface area contributed by atoms with Gasteiger partial charge in [-0.2, -0.15) is 0 Å². The number of methoxy groups -OCH3 is 4. The van der Waals surface area contributed by atoms with Crippen LogP contribution in [0.15, 0.2) is 23.3 Å². The van der Waals surface area contributed by atoms with E-state index in [0.717, 1.165) is 11.1 Å². The molecule has 8 nitrogen and oxygen atoms in total. The van der Waals surface area contributed by atoms with Crippen molar-refractivity contribution in [3.63, 3.8) is 0 Å². The van der Waals surface area contributed by atoms with Gasteiger partial charge < -0.3 is 18.9 Å². The molecular weight excluding hydrogens is 368 g/mol. The van der Waals surface area contributed by atoms with E-state index in [1.165, 1.54) is 28.4 Å². The normalized spacial score (nSPS) is 26.1. The topological polar surface area (TPSA) is 105 Å². The third kappa shape index (κ3) is 2.65. The summed E-state index contributed by atoms with van der Waals surface area (Å²) in [4.78, 5) is 50.0. The molecule has 8 heteroatoms. The maximum Gasteiger partial charge on any atom is 0.323 e. The van der Waals surface area contributed by atoms with E-state index >= 15 is 0 Å². The van der Waals surface area contributed by atoms with Crippen molar-refractivity contribution >= 4 is 23.9 Å². The molecule has 0 bridgehead atoms. The minimum Gasteiger partial charge on any atom is -0.468 e. The number of hydrogen-bond donors (Lipinski definition) is 0. The predicted molar refractivity (Wildman–Crippen MR) is 94.5 cm³/mol. The maximum absolute atomic E-state index is 12.5.